The Morgan fingerprint density at radius 2 is 1.90 bits per heavy atom. The first-order chi connectivity index (χ1) is 9.69. The molecular formula is C16H33IN4. The van der Waals surface area contributed by atoms with E-state index in [4.69, 9.17) is 4.99 Å². The van der Waals surface area contributed by atoms with Crippen molar-refractivity contribution in [2.24, 2.45) is 16.8 Å². The Morgan fingerprint density at radius 1 is 1.24 bits per heavy atom. The van der Waals surface area contributed by atoms with Crippen LogP contribution in [0.3, 0.4) is 0 Å². The van der Waals surface area contributed by atoms with Gasteiger partial charge in [-0.15, -0.1) is 24.0 Å². The SMILES string of the molecule is CCNC(=NCCCN1CCC(C)CC1)NC1CC1C.I. The van der Waals surface area contributed by atoms with Crippen LogP contribution in [-0.2, 0) is 0 Å². The van der Waals surface area contributed by atoms with Gasteiger partial charge in [0.2, 0.25) is 0 Å². The first-order valence-electron chi connectivity index (χ1n) is 8.46. The molecule has 0 aromatic carbocycles. The van der Waals surface area contributed by atoms with Gasteiger partial charge in [0.1, 0.15) is 0 Å². The van der Waals surface area contributed by atoms with Crippen molar-refractivity contribution in [1.29, 1.82) is 0 Å². The summed E-state index contributed by atoms with van der Waals surface area (Å²) in [6.07, 6.45) is 5.20. The van der Waals surface area contributed by atoms with Crippen LogP contribution in [0.1, 0.15) is 46.5 Å². The van der Waals surface area contributed by atoms with E-state index in [2.05, 4.69) is 36.3 Å². The average Bonchev–Trinajstić information content (AvgIpc) is 3.12. The molecule has 2 aliphatic rings. The third-order valence-corrected chi connectivity index (χ3v) is 4.55. The molecular weight excluding hydrogens is 375 g/mol. The van der Waals surface area contributed by atoms with Gasteiger partial charge in [-0.05, 0) is 64.1 Å². The predicted octanol–water partition coefficient (Wildman–Crippen LogP) is 2.69. The Hall–Kier alpha value is -0.0400. The second-order valence-electron chi connectivity index (χ2n) is 6.60. The summed E-state index contributed by atoms with van der Waals surface area (Å²) in [5.41, 5.74) is 0. The number of piperidine rings is 1. The summed E-state index contributed by atoms with van der Waals surface area (Å²) in [4.78, 5) is 7.29. The minimum Gasteiger partial charge on any atom is -0.357 e. The smallest absolute Gasteiger partial charge is 0.191 e. The molecule has 2 rings (SSSR count). The topological polar surface area (TPSA) is 39.7 Å². The van der Waals surface area contributed by atoms with Gasteiger partial charge in [-0.2, -0.15) is 0 Å². The van der Waals surface area contributed by atoms with Gasteiger partial charge < -0.3 is 15.5 Å². The number of hydrogen-bond acceptors (Lipinski definition) is 2. The fourth-order valence-electron chi connectivity index (χ4n) is 2.79. The van der Waals surface area contributed by atoms with E-state index in [9.17, 15) is 0 Å². The Kier molecular flexibility index (Phi) is 8.94. The summed E-state index contributed by atoms with van der Waals surface area (Å²) in [5, 5.41) is 6.86. The van der Waals surface area contributed by atoms with E-state index in [0.29, 0.717) is 6.04 Å². The molecule has 2 N–H and O–H groups in total. The molecule has 0 amide bonds. The second kappa shape index (κ2) is 9.87. The monoisotopic (exact) mass is 408 g/mol. The van der Waals surface area contributed by atoms with E-state index in [1.54, 1.807) is 0 Å². The minimum absolute atomic E-state index is 0. The number of nitrogens with one attached hydrogen (secondary N) is 2. The van der Waals surface area contributed by atoms with Crippen LogP contribution in [0.2, 0.25) is 0 Å². The molecule has 1 aliphatic carbocycles. The number of rotatable bonds is 6. The van der Waals surface area contributed by atoms with Crippen LogP contribution in [0.15, 0.2) is 4.99 Å². The summed E-state index contributed by atoms with van der Waals surface area (Å²) in [6, 6.07) is 0.649. The highest BCUT2D eigenvalue weighted by Gasteiger charge is 2.33. The van der Waals surface area contributed by atoms with Crippen LogP contribution in [0.25, 0.3) is 0 Å². The molecule has 2 atom stereocenters. The van der Waals surface area contributed by atoms with E-state index < -0.39 is 0 Å². The average molecular weight is 408 g/mol. The van der Waals surface area contributed by atoms with E-state index >= 15 is 0 Å². The van der Waals surface area contributed by atoms with Crippen molar-refractivity contribution >= 4 is 29.9 Å². The second-order valence-corrected chi connectivity index (χ2v) is 6.60. The third-order valence-electron chi connectivity index (χ3n) is 4.55. The van der Waals surface area contributed by atoms with E-state index in [-0.39, 0.29) is 24.0 Å². The molecule has 2 fully saturated rings. The lowest BCUT2D eigenvalue weighted by Gasteiger charge is -2.29. The van der Waals surface area contributed by atoms with Crippen molar-refractivity contribution in [3.63, 3.8) is 0 Å². The zero-order valence-electron chi connectivity index (χ0n) is 13.9. The maximum atomic E-state index is 4.70. The summed E-state index contributed by atoms with van der Waals surface area (Å²) in [7, 11) is 0. The number of likely N-dealkylation sites (tertiary alicyclic amines) is 1. The highest BCUT2D eigenvalue weighted by Crippen LogP contribution is 2.28. The van der Waals surface area contributed by atoms with Gasteiger partial charge in [-0.25, -0.2) is 0 Å². The maximum absolute atomic E-state index is 4.70. The van der Waals surface area contributed by atoms with Gasteiger partial charge >= 0.3 is 0 Å². The van der Waals surface area contributed by atoms with Gasteiger partial charge in [0, 0.05) is 19.1 Å². The number of hydrogen-bond donors (Lipinski definition) is 2. The molecule has 1 saturated heterocycles. The third kappa shape index (κ3) is 7.17. The number of halogens is 1. The Morgan fingerprint density at radius 3 is 2.48 bits per heavy atom. The van der Waals surface area contributed by atoms with Crippen molar-refractivity contribution in [3.05, 3.63) is 0 Å². The quantitative estimate of drug-likeness (QED) is 0.307. The summed E-state index contributed by atoms with van der Waals surface area (Å²) >= 11 is 0. The van der Waals surface area contributed by atoms with Gasteiger partial charge in [-0.1, -0.05) is 13.8 Å². The summed E-state index contributed by atoms with van der Waals surface area (Å²) in [6.45, 7) is 12.4. The lowest BCUT2D eigenvalue weighted by atomic mass is 9.99. The number of aliphatic imine (C=N–C) groups is 1. The maximum Gasteiger partial charge on any atom is 0.191 e. The molecule has 1 saturated carbocycles. The highest BCUT2D eigenvalue weighted by molar-refractivity contribution is 14.0. The molecule has 1 heterocycles. The van der Waals surface area contributed by atoms with Crippen molar-refractivity contribution in [3.8, 4) is 0 Å². The molecule has 0 radical (unpaired) electrons. The molecule has 2 unspecified atom stereocenters. The molecule has 4 nitrogen and oxygen atoms in total. The first kappa shape index (κ1) is 19.0. The molecule has 124 valence electrons. The standard InChI is InChI=1S/C16H32N4.HI/c1-4-17-16(19-15-12-14(15)3)18-8-5-9-20-10-6-13(2)7-11-20;/h13-15H,4-12H2,1-3H3,(H2,17,18,19);1H. The van der Waals surface area contributed by atoms with Crippen LogP contribution in [0.5, 0.6) is 0 Å². The van der Waals surface area contributed by atoms with Gasteiger partial charge in [0.15, 0.2) is 5.96 Å². The van der Waals surface area contributed by atoms with Gasteiger partial charge in [0.05, 0.1) is 0 Å². The zero-order valence-corrected chi connectivity index (χ0v) is 16.2. The Bertz CT molecular complexity index is 313. The van der Waals surface area contributed by atoms with Gasteiger partial charge in [-0.3, -0.25) is 4.99 Å². The largest absolute Gasteiger partial charge is 0.357 e. The van der Waals surface area contributed by atoms with Crippen LogP contribution in [0.4, 0.5) is 0 Å². The predicted molar refractivity (Wildman–Crippen MR) is 102 cm³/mol. The lowest BCUT2D eigenvalue weighted by molar-refractivity contribution is 0.192. The number of guanidine groups is 1. The van der Waals surface area contributed by atoms with Crippen molar-refractivity contribution in [2.75, 3.05) is 32.7 Å². The van der Waals surface area contributed by atoms with Crippen LogP contribution in [0, 0.1) is 11.8 Å². The van der Waals surface area contributed by atoms with Crippen molar-refractivity contribution < 1.29 is 0 Å². The van der Waals surface area contributed by atoms with Crippen LogP contribution < -0.4 is 10.6 Å². The molecule has 0 bridgehead atoms. The molecule has 0 aromatic rings. The Balaban J connectivity index is 0.00000220. The van der Waals surface area contributed by atoms with E-state index in [0.717, 1.165) is 30.9 Å². The highest BCUT2D eigenvalue weighted by atomic mass is 127. The van der Waals surface area contributed by atoms with Crippen molar-refractivity contribution in [2.45, 2.75) is 52.5 Å². The molecule has 0 spiro atoms. The van der Waals surface area contributed by atoms with Crippen molar-refractivity contribution in [1.82, 2.24) is 15.5 Å². The molecule has 21 heavy (non-hydrogen) atoms. The van der Waals surface area contributed by atoms with E-state index in [1.165, 1.54) is 45.3 Å². The summed E-state index contributed by atoms with van der Waals surface area (Å²) < 4.78 is 0. The number of nitrogens with zero attached hydrogens (tertiary/aromatic N) is 2. The zero-order chi connectivity index (χ0) is 14.4. The Labute approximate surface area is 147 Å². The molecule has 0 aromatic heterocycles. The van der Waals surface area contributed by atoms with E-state index in [1.807, 2.05) is 0 Å². The fraction of sp³-hybridized carbons (Fsp3) is 0.938. The van der Waals surface area contributed by atoms with Crippen LogP contribution >= 0.6 is 24.0 Å². The van der Waals surface area contributed by atoms with Crippen LogP contribution in [-0.4, -0.2) is 49.6 Å². The molecule has 1 aliphatic heterocycles. The fourth-order valence-corrected chi connectivity index (χ4v) is 2.79. The normalized spacial score (nSPS) is 27.1. The lowest BCUT2D eigenvalue weighted by Crippen LogP contribution is -2.39. The first-order valence-corrected chi connectivity index (χ1v) is 8.46. The minimum atomic E-state index is 0. The molecule has 5 heteroatoms. The summed E-state index contributed by atoms with van der Waals surface area (Å²) in [5.74, 6) is 2.75. The van der Waals surface area contributed by atoms with Gasteiger partial charge in [0.25, 0.3) is 0 Å².